The molecule has 1 N–H and O–H groups in total. The number of halogens is 2. The first-order chi connectivity index (χ1) is 13.5. The van der Waals surface area contributed by atoms with Crippen LogP contribution in [-0.2, 0) is 34.9 Å². The van der Waals surface area contributed by atoms with Gasteiger partial charge in [0.2, 0.25) is 5.91 Å². The molecule has 0 aliphatic carbocycles. The van der Waals surface area contributed by atoms with Crippen molar-refractivity contribution in [2.75, 3.05) is 6.61 Å². The number of rotatable bonds is 4. The highest BCUT2D eigenvalue weighted by Crippen LogP contribution is 2.40. The Morgan fingerprint density at radius 2 is 1.86 bits per heavy atom. The Kier molecular flexibility index (Phi) is 5.15. The van der Waals surface area contributed by atoms with Gasteiger partial charge in [-0.1, -0.05) is 0 Å². The van der Waals surface area contributed by atoms with E-state index in [-0.39, 0.29) is 18.6 Å². The SMILES string of the molecule is CC1(C)O[C@H]2O[C@H]([C@H]3COC(C)(C)O3)[C@@H](NC(=O)Cc3cc(F)ccc3F)[C@H]2O1. The van der Waals surface area contributed by atoms with E-state index >= 15 is 0 Å². The fourth-order valence-electron chi connectivity index (χ4n) is 3.98. The normalized spacial score (nSPS) is 34.9. The number of amides is 1. The molecule has 5 atom stereocenters. The molecular formula is C20H25F2NO6. The van der Waals surface area contributed by atoms with Crippen LogP contribution in [0, 0.1) is 11.6 Å². The molecule has 9 heteroatoms. The summed E-state index contributed by atoms with van der Waals surface area (Å²) < 4.78 is 56.6. The number of hydrogen-bond donors (Lipinski definition) is 1. The molecule has 3 saturated heterocycles. The maximum absolute atomic E-state index is 13.9. The molecule has 7 nitrogen and oxygen atoms in total. The Balaban J connectivity index is 1.51. The van der Waals surface area contributed by atoms with Gasteiger partial charge in [-0.2, -0.15) is 0 Å². The summed E-state index contributed by atoms with van der Waals surface area (Å²) in [6, 6.07) is 2.41. The van der Waals surface area contributed by atoms with Crippen LogP contribution < -0.4 is 5.32 Å². The lowest BCUT2D eigenvalue weighted by atomic mass is 10.0. The number of carbonyl (C=O) groups is 1. The summed E-state index contributed by atoms with van der Waals surface area (Å²) in [6.45, 7) is 7.37. The van der Waals surface area contributed by atoms with Crippen LogP contribution in [-0.4, -0.2) is 54.7 Å². The van der Waals surface area contributed by atoms with E-state index in [1.54, 1.807) is 27.7 Å². The van der Waals surface area contributed by atoms with Gasteiger partial charge < -0.3 is 29.0 Å². The second kappa shape index (κ2) is 7.24. The van der Waals surface area contributed by atoms with E-state index in [4.69, 9.17) is 23.7 Å². The molecule has 3 heterocycles. The first-order valence-corrected chi connectivity index (χ1v) is 9.59. The van der Waals surface area contributed by atoms with Crippen LogP contribution in [0.5, 0.6) is 0 Å². The molecular weight excluding hydrogens is 388 g/mol. The van der Waals surface area contributed by atoms with Gasteiger partial charge in [0.1, 0.15) is 29.9 Å². The summed E-state index contributed by atoms with van der Waals surface area (Å²) in [7, 11) is 0. The van der Waals surface area contributed by atoms with Gasteiger partial charge in [0.15, 0.2) is 17.9 Å². The lowest BCUT2D eigenvalue weighted by Gasteiger charge is -2.29. The van der Waals surface area contributed by atoms with Crippen molar-refractivity contribution in [1.29, 1.82) is 0 Å². The maximum Gasteiger partial charge on any atom is 0.224 e. The third kappa shape index (κ3) is 4.29. The van der Waals surface area contributed by atoms with Crippen molar-refractivity contribution in [2.45, 2.75) is 76.3 Å². The number of carbonyl (C=O) groups excluding carboxylic acids is 1. The van der Waals surface area contributed by atoms with Gasteiger partial charge in [-0.15, -0.1) is 0 Å². The smallest absolute Gasteiger partial charge is 0.224 e. The molecule has 3 aliphatic rings. The van der Waals surface area contributed by atoms with Crippen molar-refractivity contribution in [1.82, 2.24) is 5.32 Å². The first-order valence-electron chi connectivity index (χ1n) is 9.59. The third-order valence-electron chi connectivity index (χ3n) is 5.17. The highest BCUT2D eigenvalue weighted by molar-refractivity contribution is 5.79. The second-order valence-corrected chi connectivity index (χ2v) is 8.44. The van der Waals surface area contributed by atoms with Crippen molar-refractivity contribution >= 4 is 5.91 Å². The Bertz CT molecular complexity index is 801. The molecule has 160 valence electrons. The zero-order valence-corrected chi connectivity index (χ0v) is 16.7. The van der Waals surface area contributed by atoms with Crippen LogP contribution >= 0.6 is 0 Å². The van der Waals surface area contributed by atoms with Crippen LogP contribution in [0.4, 0.5) is 8.78 Å². The van der Waals surface area contributed by atoms with Crippen LogP contribution in [0.3, 0.4) is 0 Å². The summed E-state index contributed by atoms with van der Waals surface area (Å²) in [4.78, 5) is 12.6. The van der Waals surface area contributed by atoms with Crippen molar-refractivity contribution < 1.29 is 37.3 Å². The molecule has 1 aromatic carbocycles. The molecule has 1 aromatic rings. The lowest BCUT2D eigenvalue weighted by Crippen LogP contribution is -2.53. The average molecular weight is 413 g/mol. The predicted molar refractivity (Wildman–Crippen MR) is 95.6 cm³/mol. The predicted octanol–water partition coefficient (Wildman–Crippen LogP) is 2.02. The number of nitrogens with one attached hydrogen (secondary N) is 1. The van der Waals surface area contributed by atoms with Gasteiger partial charge in [-0.05, 0) is 45.9 Å². The molecule has 0 radical (unpaired) electrons. The monoisotopic (exact) mass is 413 g/mol. The number of ether oxygens (including phenoxy) is 5. The minimum atomic E-state index is -0.871. The maximum atomic E-state index is 13.9. The summed E-state index contributed by atoms with van der Waals surface area (Å²) in [5.41, 5.74) is -0.0278. The minimum absolute atomic E-state index is 0.0278. The number of benzene rings is 1. The van der Waals surface area contributed by atoms with E-state index in [0.29, 0.717) is 0 Å². The van der Waals surface area contributed by atoms with Gasteiger partial charge in [-0.25, -0.2) is 8.78 Å². The van der Waals surface area contributed by atoms with Crippen molar-refractivity contribution in [3.8, 4) is 0 Å². The Labute approximate surface area is 167 Å². The first kappa shape index (κ1) is 20.6. The Morgan fingerprint density at radius 3 is 2.55 bits per heavy atom. The van der Waals surface area contributed by atoms with E-state index in [1.807, 2.05) is 0 Å². The lowest BCUT2D eigenvalue weighted by molar-refractivity contribution is -0.223. The standard InChI is InChI=1S/C20H25F2NO6/c1-19(2)25-9-13(27-19)16-15(17-18(26-16)29-20(3,4)28-17)23-14(24)8-10-7-11(21)5-6-12(10)22/h5-7,13,15-18H,8-9H2,1-4H3,(H,23,24)/t13-,15-,16-,17-,18-/m1/s1. The molecule has 0 bridgehead atoms. The molecule has 1 amide bonds. The van der Waals surface area contributed by atoms with Crippen LogP contribution in [0.25, 0.3) is 0 Å². The highest BCUT2D eigenvalue weighted by atomic mass is 19.1. The van der Waals surface area contributed by atoms with E-state index in [1.165, 1.54) is 0 Å². The van der Waals surface area contributed by atoms with Crippen molar-refractivity contribution in [3.63, 3.8) is 0 Å². The molecule has 3 fully saturated rings. The van der Waals surface area contributed by atoms with E-state index < -0.39 is 59.8 Å². The quantitative estimate of drug-likeness (QED) is 0.814. The molecule has 29 heavy (non-hydrogen) atoms. The second-order valence-electron chi connectivity index (χ2n) is 8.44. The molecule has 4 rings (SSSR count). The molecule has 0 unspecified atom stereocenters. The van der Waals surface area contributed by atoms with Crippen molar-refractivity contribution in [3.05, 3.63) is 35.4 Å². The molecule has 3 aliphatic heterocycles. The van der Waals surface area contributed by atoms with Crippen LogP contribution in [0.1, 0.15) is 33.3 Å². The van der Waals surface area contributed by atoms with Gasteiger partial charge >= 0.3 is 0 Å². The fourth-order valence-corrected chi connectivity index (χ4v) is 3.98. The summed E-state index contributed by atoms with van der Waals surface area (Å²) in [5.74, 6) is -3.38. The van der Waals surface area contributed by atoms with Gasteiger partial charge in [0.25, 0.3) is 0 Å². The highest BCUT2D eigenvalue weighted by Gasteiger charge is 2.58. The van der Waals surface area contributed by atoms with Gasteiger partial charge in [0.05, 0.1) is 19.1 Å². The summed E-state index contributed by atoms with van der Waals surface area (Å²) in [6.07, 6.45) is -2.59. The Hall–Kier alpha value is -1.65. The zero-order valence-electron chi connectivity index (χ0n) is 16.7. The fraction of sp³-hybridized carbons (Fsp3) is 0.650. The minimum Gasteiger partial charge on any atom is -0.348 e. The molecule has 0 aromatic heterocycles. The van der Waals surface area contributed by atoms with Crippen molar-refractivity contribution in [2.24, 2.45) is 0 Å². The largest absolute Gasteiger partial charge is 0.348 e. The van der Waals surface area contributed by atoms with Crippen LogP contribution in [0.2, 0.25) is 0 Å². The average Bonchev–Trinajstić information content (AvgIpc) is 3.21. The summed E-state index contributed by atoms with van der Waals surface area (Å²) in [5, 5.41) is 2.84. The molecule has 0 spiro atoms. The topological polar surface area (TPSA) is 75.3 Å². The Morgan fingerprint density at radius 1 is 1.10 bits per heavy atom. The van der Waals surface area contributed by atoms with E-state index in [9.17, 15) is 13.6 Å². The summed E-state index contributed by atoms with van der Waals surface area (Å²) >= 11 is 0. The number of hydrogen-bond acceptors (Lipinski definition) is 6. The third-order valence-corrected chi connectivity index (χ3v) is 5.17. The van der Waals surface area contributed by atoms with Crippen LogP contribution in [0.15, 0.2) is 18.2 Å². The molecule has 0 saturated carbocycles. The zero-order chi connectivity index (χ0) is 21.0. The van der Waals surface area contributed by atoms with Gasteiger partial charge in [-0.3, -0.25) is 4.79 Å². The van der Waals surface area contributed by atoms with E-state index in [0.717, 1.165) is 18.2 Å². The van der Waals surface area contributed by atoms with Gasteiger partial charge in [0, 0.05) is 5.56 Å². The van der Waals surface area contributed by atoms with E-state index in [2.05, 4.69) is 5.32 Å². The number of fused-ring (bicyclic) bond motifs is 1.